The number of hydrogen-bond acceptors (Lipinski definition) is 3. The first-order valence-electron chi connectivity index (χ1n) is 8.71. The van der Waals surface area contributed by atoms with Crippen LogP contribution in [0.15, 0.2) is 47.4 Å². The second-order valence-corrected chi connectivity index (χ2v) is 9.16. The third kappa shape index (κ3) is 4.82. The molecule has 1 aliphatic rings. The number of halogens is 2. The topological polar surface area (TPSA) is 66.5 Å². The van der Waals surface area contributed by atoms with Gasteiger partial charge in [-0.05, 0) is 42.7 Å². The van der Waals surface area contributed by atoms with Crippen LogP contribution in [0.25, 0.3) is 0 Å². The molecule has 0 atom stereocenters. The van der Waals surface area contributed by atoms with Crippen molar-refractivity contribution in [3.63, 3.8) is 0 Å². The van der Waals surface area contributed by atoms with Gasteiger partial charge in [0, 0.05) is 13.1 Å². The second kappa shape index (κ2) is 8.61. The van der Waals surface area contributed by atoms with Crippen LogP contribution < -0.4 is 5.32 Å². The van der Waals surface area contributed by atoms with E-state index in [2.05, 4.69) is 5.32 Å². The Bertz CT molecular complexity index is 924. The number of carbonyl (C=O) groups is 1. The Labute approximate surface area is 169 Å². The lowest BCUT2D eigenvalue weighted by molar-refractivity contribution is -0.115. The van der Waals surface area contributed by atoms with Crippen molar-refractivity contribution in [2.45, 2.75) is 30.6 Å². The van der Waals surface area contributed by atoms with Crippen LogP contribution in [0.1, 0.15) is 24.8 Å². The molecule has 1 N–H and O–H groups in total. The third-order valence-electron chi connectivity index (χ3n) is 4.47. The van der Waals surface area contributed by atoms with E-state index in [4.69, 9.17) is 23.2 Å². The quantitative estimate of drug-likeness (QED) is 0.772. The number of anilines is 1. The summed E-state index contributed by atoms with van der Waals surface area (Å²) in [5, 5.41) is 3.36. The summed E-state index contributed by atoms with van der Waals surface area (Å²) in [6.07, 6.45) is 2.96. The Morgan fingerprint density at radius 2 is 1.67 bits per heavy atom. The maximum absolute atomic E-state index is 12.7. The molecule has 1 saturated heterocycles. The molecule has 3 rings (SSSR count). The molecule has 8 heteroatoms. The van der Waals surface area contributed by atoms with Crippen molar-refractivity contribution >= 4 is 44.8 Å². The number of hydrogen-bond donors (Lipinski definition) is 1. The van der Waals surface area contributed by atoms with Crippen molar-refractivity contribution in [1.82, 2.24) is 4.31 Å². The van der Waals surface area contributed by atoms with E-state index in [1.165, 1.54) is 4.31 Å². The second-order valence-electron chi connectivity index (χ2n) is 6.44. The minimum Gasteiger partial charge on any atom is -0.324 e. The minimum absolute atomic E-state index is 0.104. The van der Waals surface area contributed by atoms with Gasteiger partial charge in [0.1, 0.15) is 0 Å². The first-order chi connectivity index (χ1) is 12.9. The molecule has 1 amide bonds. The van der Waals surface area contributed by atoms with Crippen LogP contribution in [0.4, 0.5) is 5.69 Å². The van der Waals surface area contributed by atoms with E-state index in [0.717, 1.165) is 19.3 Å². The molecule has 1 aliphatic heterocycles. The lowest BCUT2D eigenvalue weighted by atomic mass is 10.1. The Morgan fingerprint density at radius 3 is 2.33 bits per heavy atom. The highest BCUT2D eigenvalue weighted by Crippen LogP contribution is 2.29. The zero-order valence-corrected chi connectivity index (χ0v) is 16.9. The van der Waals surface area contributed by atoms with Gasteiger partial charge in [-0.15, -0.1) is 0 Å². The summed E-state index contributed by atoms with van der Waals surface area (Å²) >= 11 is 12.0. The van der Waals surface area contributed by atoms with Crippen LogP contribution >= 0.6 is 23.2 Å². The predicted molar refractivity (Wildman–Crippen MR) is 108 cm³/mol. The monoisotopic (exact) mass is 426 g/mol. The number of rotatable bonds is 5. The molecule has 0 aromatic heterocycles. The van der Waals surface area contributed by atoms with Crippen LogP contribution in [0, 0.1) is 0 Å². The molecule has 5 nitrogen and oxygen atoms in total. The molecule has 144 valence electrons. The smallest absolute Gasteiger partial charge is 0.243 e. The number of nitrogens with zero attached hydrogens (tertiary/aromatic N) is 1. The Balaban J connectivity index is 1.66. The van der Waals surface area contributed by atoms with E-state index in [1.807, 2.05) is 0 Å². The standard InChI is InChI=1S/C19H20Cl2N2O3S/c20-16-5-4-6-17(19(16)21)22-18(24)13-14-7-9-15(10-8-14)27(25,26)23-11-2-1-3-12-23/h4-10H,1-3,11-13H2,(H,22,24). The molecular formula is C19H20Cl2N2O3S. The van der Waals surface area contributed by atoms with Crippen molar-refractivity contribution in [1.29, 1.82) is 0 Å². The Kier molecular flexibility index (Phi) is 6.42. The van der Waals surface area contributed by atoms with E-state index in [9.17, 15) is 13.2 Å². The molecule has 0 radical (unpaired) electrons. The molecule has 1 heterocycles. The minimum atomic E-state index is -3.47. The largest absolute Gasteiger partial charge is 0.324 e. The summed E-state index contributed by atoms with van der Waals surface area (Å²) < 4.78 is 26.8. The van der Waals surface area contributed by atoms with Gasteiger partial charge in [-0.1, -0.05) is 47.8 Å². The zero-order valence-electron chi connectivity index (χ0n) is 14.6. The fourth-order valence-electron chi connectivity index (χ4n) is 3.01. The van der Waals surface area contributed by atoms with Crippen molar-refractivity contribution in [2.24, 2.45) is 0 Å². The molecule has 0 aliphatic carbocycles. The Hall–Kier alpha value is -1.60. The maximum atomic E-state index is 12.7. The van der Waals surface area contributed by atoms with Crippen molar-refractivity contribution in [2.75, 3.05) is 18.4 Å². The van der Waals surface area contributed by atoms with Gasteiger partial charge in [0.15, 0.2) is 0 Å². The third-order valence-corrected chi connectivity index (χ3v) is 7.20. The average molecular weight is 427 g/mol. The summed E-state index contributed by atoms with van der Waals surface area (Å²) in [4.78, 5) is 12.5. The highest BCUT2D eigenvalue weighted by molar-refractivity contribution is 7.89. The fourth-order valence-corrected chi connectivity index (χ4v) is 4.88. The Morgan fingerprint density at radius 1 is 1.00 bits per heavy atom. The van der Waals surface area contributed by atoms with Crippen molar-refractivity contribution < 1.29 is 13.2 Å². The van der Waals surface area contributed by atoms with Gasteiger partial charge in [-0.25, -0.2) is 8.42 Å². The zero-order chi connectivity index (χ0) is 19.4. The summed E-state index contributed by atoms with van der Waals surface area (Å²) in [6.45, 7) is 1.12. The van der Waals surface area contributed by atoms with Crippen molar-refractivity contribution in [3.05, 3.63) is 58.1 Å². The van der Waals surface area contributed by atoms with E-state index in [-0.39, 0.29) is 22.2 Å². The molecule has 2 aromatic rings. The summed E-state index contributed by atoms with van der Waals surface area (Å²) in [5.41, 5.74) is 1.15. The van der Waals surface area contributed by atoms with E-state index >= 15 is 0 Å². The van der Waals surface area contributed by atoms with Gasteiger partial charge in [0.05, 0.1) is 27.0 Å². The van der Waals surface area contributed by atoms with E-state index < -0.39 is 10.0 Å². The number of nitrogens with one attached hydrogen (secondary N) is 1. The highest BCUT2D eigenvalue weighted by atomic mass is 35.5. The van der Waals surface area contributed by atoms with Gasteiger partial charge in [0.25, 0.3) is 0 Å². The van der Waals surface area contributed by atoms with Gasteiger partial charge < -0.3 is 5.32 Å². The summed E-state index contributed by atoms with van der Waals surface area (Å²) in [6, 6.07) is 11.4. The van der Waals surface area contributed by atoms with Gasteiger partial charge in [0.2, 0.25) is 15.9 Å². The molecular weight excluding hydrogens is 407 g/mol. The SMILES string of the molecule is O=C(Cc1ccc(S(=O)(=O)N2CCCCC2)cc1)Nc1cccc(Cl)c1Cl. The number of sulfonamides is 1. The summed E-state index contributed by atoms with van der Waals surface area (Å²) in [5.74, 6) is -0.259. The normalized spacial score (nSPS) is 15.5. The number of benzene rings is 2. The molecule has 0 spiro atoms. The van der Waals surface area contributed by atoms with Crippen LogP contribution in [0.5, 0.6) is 0 Å². The van der Waals surface area contributed by atoms with Crippen LogP contribution in [-0.2, 0) is 21.2 Å². The van der Waals surface area contributed by atoms with Crippen molar-refractivity contribution in [3.8, 4) is 0 Å². The van der Waals surface area contributed by atoms with Crippen LogP contribution in [0.3, 0.4) is 0 Å². The lowest BCUT2D eigenvalue weighted by Gasteiger charge is -2.25. The lowest BCUT2D eigenvalue weighted by Crippen LogP contribution is -2.35. The van der Waals surface area contributed by atoms with Gasteiger partial charge in [-0.2, -0.15) is 4.31 Å². The van der Waals surface area contributed by atoms with E-state index in [0.29, 0.717) is 29.4 Å². The van der Waals surface area contributed by atoms with E-state index in [1.54, 1.807) is 42.5 Å². The number of carbonyl (C=O) groups excluding carboxylic acids is 1. The van der Waals surface area contributed by atoms with Gasteiger partial charge >= 0.3 is 0 Å². The first kappa shape index (κ1) is 20.1. The first-order valence-corrected chi connectivity index (χ1v) is 10.9. The molecule has 2 aromatic carbocycles. The predicted octanol–water partition coefficient (Wildman–Crippen LogP) is 4.35. The summed E-state index contributed by atoms with van der Waals surface area (Å²) in [7, 11) is -3.47. The fraction of sp³-hybridized carbons (Fsp3) is 0.316. The van der Waals surface area contributed by atoms with Crippen LogP contribution in [-0.4, -0.2) is 31.7 Å². The molecule has 0 saturated carbocycles. The average Bonchev–Trinajstić information content (AvgIpc) is 2.66. The maximum Gasteiger partial charge on any atom is 0.243 e. The number of piperidine rings is 1. The molecule has 27 heavy (non-hydrogen) atoms. The highest BCUT2D eigenvalue weighted by Gasteiger charge is 2.25. The van der Waals surface area contributed by atoms with Crippen LogP contribution in [0.2, 0.25) is 10.0 Å². The molecule has 1 fully saturated rings. The molecule has 0 bridgehead atoms. The molecule has 0 unspecified atom stereocenters. The number of amides is 1. The van der Waals surface area contributed by atoms with Gasteiger partial charge in [-0.3, -0.25) is 4.79 Å².